The maximum Gasteiger partial charge on any atom is 0.258 e. The van der Waals surface area contributed by atoms with Crippen molar-refractivity contribution in [3.8, 4) is 11.1 Å². The van der Waals surface area contributed by atoms with E-state index in [4.69, 9.17) is 0 Å². The minimum absolute atomic E-state index is 0.0289. The lowest BCUT2D eigenvalue weighted by molar-refractivity contribution is -0.105. The fourth-order valence-corrected chi connectivity index (χ4v) is 3.09. The Morgan fingerprint density at radius 2 is 2.12 bits per heavy atom. The first-order chi connectivity index (χ1) is 12.2. The molecule has 3 heterocycles. The maximum atomic E-state index is 13.2. The average molecular weight is 334 g/mol. The molecule has 1 aliphatic rings. The van der Waals surface area contributed by atoms with E-state index in [2.05, 4.69) is 15.3 Å². The Balaban J connectivity index is 1.98. The summed E-state index contributed by atoms with van der Waals surface area (Å²) in [6, 6.07) is 5.52. The monoisotopic (exact) mass is 334 g/mol. The van der Waals surface area contributed by atoms with E-state index in [1.54, 1.807) is 24.7 Å². The van der Waals surface area contributed by atoms with Crippen molar-refractivity contribution in [1.29, 1.82) is 0 Å². The third-order valence-electron chi connectivity index (χ3n) is 4.65. The van der Waals surface area contributed by atoms with E-state index < -0.39 is 0 Å². The van der Waals surface area contributed by atoms with Gasteiger partial charge in [-0.15, -0.1) is 0 Å². The second-order valence-corrected chi connectivity index (χ2v) is 6.50. The average Bonchev–Trinajstić information content (AvgIpc) is 3.43. The fraction of sp³-hybridized carbons (Fsp3) is 0.263. The minimum atomic E-state index is -0.0289. The van der Waals surface area contributed by atoms with Crippen LogP contribution in [0.5, 0.6) is 0 Å². The van der Waals surface area contributed by atoms with Crippen LogP contribution in [-0.2, 0) is 11.3 Å². The van der Waals surface area contributed by atoms with Gasteiger partial charge in [0, 0.05) is 47.7 Å². The SMILES string of the molecule is Cc1ccncc1-c1cc2cnc(NC=O)cc2n(CC2CC2)c1=O. The zero-order valence-electron chi connectivity index (χ0n) is 13.9. The van der Waals surface area contributed by atoms with Gasteiger partial charge in [-0.25, -0.2) is 4.98 Å². The van der Waals surface area contributed by atoms with Crippen molar-refractivity contribution in [3.63, 3.8) is 0 Å². The first-order valence-electron chi connectivity index (χ1n) is 8.32. The van der Waals surface area contributed by atoms with Crippen LogP contribution in [0.3, 0.4) is 0 Å². The summed E-state index contributed by atoms with van der Waals surface area (Å²) in [4.78, 5) is 32.3. The molecular formula is C19H18N4O2. The van der Waals surface area contributed by atoms with Crippen LogP contribution < -0.4 is 10.9 Å². The highest BCUT2D eigenvalue weighted by Gasteiger charge is 2.24. The van der Waals surface area contributed by atoms with Gasteiger partial charge in [-0.2, -0.15) is 0 Å². The molecule has 6 heteroatoms. The van der Waals surface area contributed by atoms with Gasteiger partial charge >= 0.3 is 0 Å². The largest absolute Gasteiger partial charge is 0.313 e. The predicted molar refractivity (Wildman–Crippen MR) is 96.4 cm³/mol. The summed E-state index contributed by atoms with van der Waals surface area (Å²) in [5, 5.41) is 3.42. The minimum Gasteiger partial charge on any atom is -0.313 e. The van der Waals surface area contributed by atoms with Gasteiger partial charge in [0.1, 0.15) is 5.82 Å². The standard InChI is InChI=1S/C19H18N4O2/c1-12-4-5-20-9-16(12)15-6-14-8-21-18(22-11-24)7-17(14)23(19(15)25)10-13-2-3-13/h4-9,11,13H,2-3,10H2,1H3,(H,21,22,24). The van der Waals surface area contributed by atoms with Crippen LogP contribution in [0.25, 0.3) is 22.0 Å². The molecule has 25 heavy (non-hydrogen) atoms. The lowest BCUT2D eigenvalue weighted by Gasteiger charge is -2.14. The Hall–Kier alpha value is -3.02. The van der Waals surface area contributed by atoms with Crippen molar-refractivity contribution in [1.82, 2.24) is 14.5 Å². The summed E-state index contributed by atoms with van der Waals surface area (Å²) < 4.78 is 1.81. The summed E-state index contributed by atoms with van der Waals surface area (Å²) in [5.41, 5.74) is 3.25. The molecule has 3 aromatic heterocycles. The van der Waals surface area contributed by atoms with Gasteiger partial charge in [0.25, 0.3) is 5.56 Å². The van der Waals surface area contributed by atoms with Gasteiger partial charge in [-0.3, -0.25) is 14.6 Å². The molecule has 0 bridgehead atoms. The maximum absolute atomic E-state index is 13.2. The Morgan fingerprint density at radius 1 is 1.28 bits per heavy atom. The Bertz CT molecular complexity index is 1020. The third-order valence-corrected chi connectivity index (χ3v) is 4.65. The molecule has 0 saturated heterocycles. The van der Waals surface area contributed by atoms with Crippen LogP contribution in [0, 0.1) is 12.8 Å². The molecule has 6 nitrogen and oxygen atoms in total. The van der Waals surface area contributed by atoms with Gasteiger partial charge in [0.2, 0.25) is 6.41 Å². The van der Waals surface area contributed by atoms with Gasteiger partial charge in [-0.05, 0) is 43.4 Å². The number of rotatable bonds is 5. The molecule has 0 aliphatic heterocycles. The van der Waals surface area contributed by atoms with Gasteiger partial charge in [0.05, 0.1) is 5.52 Å². The summed E-state index contributed by atoms with van der Waals surface area (Å²) in [5.74, 6) is 0.985. The first-order valence-corrected chi connectivity index (χ1v) is 8.32. The van der Waals surface area contributed by atoms with Gasteiger partial charge < -0.3 is 9.88 Å². The van der Waals surface area contributed by atoms with E-state index in [1.165, 1.54) is 0 Å². The van der Waals surface area contributed by atoms with Crippen molar-refractivity contribution in [2.75, 3.05) is 5.32 Å². The molecule has 0 radical (unpaired) electrons. The number of pyridine rings is 3. The number of anilines is 1. The first kappa shape index (κ1) is 15.5. The quantitative estimate of drug-likeness (QED) is 0.728. The molecule has 3 aromatic rings. The number of nitrogens with zero attached hydrogens (tertiary/aromatic N) is 3. The number of fused-ring (bicyclic) bond motifs is 1. The molecule has 1 fully saturated rings. The van der Waals surface area contributed by atoms with Crippen LogP contribution in [0.2, 0.25) is 0 Å². The van der Waals surface area contributed by atoms with Crippen molar-refractivity contribution in [2.24, 2.45) is 5.92 Å². The Labute approximate surface area is 144 Å². The number of hydrogen-bond donors (Lipinski definition) is 1. The van der Waals surface area contributed by atoms with Crippen LogP contribution in [0.1, 0.15) is 18.4 Å². The molecule has 0 atom stereocenters. The number of hydrogen-bond acceptors (Lipinski definition) is 4. The second kappa shape index (κ2) is 6.12. The number of aromatic nitrogens is 3. The normalized spacial score (nSPS) is 13.8. The predicted octanol–water partition coefficient (Wildman–Crippen LogP) is 2.75. The highest BCUT2D eigenvalue weighted by atomic mass is 16.1. The molecule has 1 N–H and O–H groups in total. The Kier molecular flexibility index (Phi) is 3.80. The molecule has 4 rings (SSSR count). The smallest absolute Gasteiger partial charge is 0.258 e. The van der Waals surface area contributed by atoms with E-state index in [0.717, 1.165) is 34.9 Å². The van der Waals surface area contributed by atoms with Crippen LogP contribution in [0.15, 0.2) is 41.6 Å². The molecule has 126 valence electrons. The molecule has 0 unspecified atom stereocenters. The molecule has 0 spiro atoms. The third kappa shape index (κ3) is 2.91. The zero-order valence-corrected chi connectivity index (χ0v) is 13.9. The number of amides is 1. The highest BCUT2D eigenvalue weighted by Crippen LogP contribution is 2.32. The van der Waals surface area contributed by atoms with Crippen LogP contribution in [0.4, 0.5) is 5.82 Å². The Morgan fingerprint density at radius 3 is 2.84 bits per heavy atom. The topological polar surface area (TPSA) is 76.9 Å². The summed E-state index contributed by atoms with van der Waals surface area (Å²) in [6.45, 7) is 2.66. The number of nitrogens with one attached hydrogen (secondary N) is 1. The van der Waals surface area contributed by atoms with Crippen molar-refractivity contribution in [2.45, 2.75) is 26.3 Å². The summed E-state index contributed by atoms with van der Waals surface area (Å²) in [6.07, 6.45) is 8.03. The number of carbonyl (C=O) groups excluding carboxylic acids is 1. The molecule has 0 aromatic carbocycles. The molecule has 1 saturated carbocycles. The zero-order chi connectivity index (χ0) is 17.4. The number of aryl methyl sites for hydroxylation is 1. The second-order valence-electron chi connectivity index (χ2n) is 6.50. The van der Waals surface area contributed by atoms with E-state index in [9.17, 15) is 9.59 Å². The lowest BCUT2D eigenvalue weighted by atomic mass is 10.0. The van der Waals surface area contributed by atoms with E-state index in [-0.39, 0.29) is 5.56 Å². The summed E-state index contributed by atoms with van der Waals surface area (Å²) >= 11 is 0. The van der Waals surface area contributed by atoms with Crippen molar-refractivity contribution >= 4 is 23.1 Å². The molecular weight excluding hydrogens is 316 g/mol. The van der Waals surface area contributed by atoms with Gasteiger partial charge in [0.15, 0.2) is 0 Å². The van der Waals surface area contributed by atoms with Crippen LogP contribution >= 0.6 is 0 Å². The van der Waals surface area contributed by atoms with Crippen LogP contribution in [-0.4, -0.2) is 20.9 Å². The fourth-order valence-electron chi connectivity index (χ4n) is 3.09. The van der Waals surface area contributed by atoms with E-state index in [1.807, 2.05) is 23.6 Å². The van der Waals surface area contributed by atoms with E-state index >= 15 is 0 Å². The van der Waals surface area contributed by atoms with Crippen molar-refractivity contribution < 1.29 is 4.79 Å². The van der Waals surface area contributed by atoms with Gasteiger partial charge in [-0.1, -0.05) is 0 Å². The lowest BCUT2D eigenvalue weighted by Crippen LogP contribution is -2.23. The molecule has 1 aliphatic carbocycles. The number of carbonyl (C=O) groups is 1. The van der Waals surface area contributed by atoms with Crippen molar-refractivity contribution in [3.05, 3.63) is 52.7 Å². The molecule has 1 amide bonds. The highest BCUT2D eigenvalue weighted by molar-refractivity contribution is 5.87. The summed E-state index contributed by atoms with van der Waals surface area (Å²) in [7, 11) is 0. The van der Waals surface area contributed by atoms with E-state index in [0.29, 0.717) is 30.3 Å².